The van der Waals surface area contributed by atoms with Crippen molar-refractivity contribution in [2.75, 3.05) is 18.1 Å². The Bertz CT molecular complexity index is 390. The highest BCUT2D eigenvalue weighted by molar-refractivity contribution is 7.98. The molecule has 0 radical (unpaired) electrons. The van der Waals surface area contributed by atoms with Gasteiger partial charge < -0.3 is 10.6 Å². The van der Waals surface area contributed by atoms with Crippen molar-refractivity contribution in [1.29, 1.82) is 0 Å². The molecule has 0 heterocycles. The van der Waals surface area contributed by atoms with Crippen LogP contribution in [0.4, 0.5) is 5.69 Å². The number of carbonyl (C=O) groups is 2. The van der Waals surface area contributed by atoms with Crippen LogP contribution in [0.5, 0.6) is 0 Å². The van der Waals surface area contributed by atoms with Crippen LogP contribution in [0.2, 0.25) is 0 Å². The van der Waals surface area contributed by atoms with Crippen molar-refractivity contribution in [2.24, 2.45) is 0 Å². The van der Waals surface area contributed by atoms with Crippen molar-refractivity contribution in [2.45, 2.75) is 18.2 Å². The van der Waals surface area contributed by atoms with Crippen molar-refractivity contribution in [3.05, 3.63) is 24.3 Å². The molecule has 92 valence electrons. The van der Waals surface area contributed by atoms with Crippen LogP contribution in [-0.4, -0.2) is 24.6 Å². The maximum atomic E-state index is 11.5. The van der Waals surface area contributed by atoms with Gasteiger partial charge in [0.25, 0.3) is 0 Å². The maximum Gasteiger partial charge on any atom is 0.226 e. The minimum atomic E-state index is -0.123. The summed E-state index contributed by atoms with van der Waals surface area (Å²) in [7, 11) is 0. The van der Waals surface area contributed by atoms with Crippen LogP contribution in [0.1, 0.15) is 13.3 Å². The van der Waals surface area contributed by atoms with E-state index < -0.39 is 0 Å². The molecule has 0 bridgehead atoms. The molecule has 4 nitrogen and oxygen atoms in total. The molecule has 2 N–H and O–H groups in total. The Hall–Kier alpha value is -1.49. The molecular weight excluding hydrogens is 236 g/mol. The highest BCUT2D eigenvalue weighted by Crippen LogP contribution is 2.17. The van der Waals surface area contributed by atoms with E-state index in [2.05, 4.69) is 10.6 Å². The number of benzene rings is 1. The van der Waals surface area contributed by atoms with Crippen LogP contribution in [0.3, 0.4) is 0 Å². The number of hydrogen-bond donors (Lipinski definition) is 2. The van der Waals surface area contributed by atoms with E-state index in [9.17, 15) is 9.59 Å². The van der Waals surface area contributed by atoms with E-state index >= 15 is 0 Å². The van der Waals surface area contributed by atoms with Gasteiger partial charge in [-0.2, -0.15) is 0 Å². The Morgan fingerprint density at radius 3 is 2.41 bits per heavy atom. The van der Waals surface area contributed by atoms with Crippen LogP contribution < -0.4 is 10.6 Å². The first-order valence-electron chi connectivity index (χ1n) is 5.30. The Balaban J connectivity index is 2.37. The van der Waals surface area contributed by atoms with Gasteiger partial charge in [-0.15, -0.1) is 11.8 Å². The number of thioether (sulfide) groups is 1. The van der Waals surface area contributed by atoms with Gasteiger partial charge in [-0.25, -0.2) is 0 Å². The van der Waals surface area contributed by atoms with E-state index in [4.69, 9.17) is 0 Å². The van der Waals surface area contributed by atoms with Gasteiger partial charge in [0.05, 0.1) is 0 Å². The molecule has 0 fully saturated rings. The zero-order valence-electron chi connectivity index (χ0n) is 9.95. The van der Waals surface area contributed by atoms with Crippen LogP contribution in [0.15, 0.2) is 29.2 Å². The third-order valence-electron chi connectivity index (χ3n) is 2.10. The molecule has 0 aliphatic rings. The van der Waals surface area contributed by atoms with Crippen molar-refractivity contribution in [1.82, 2.24) is 5.32 Å². The van der Waals surface area contributed by atoms with Gasteiger partial charge in [0.2, 0.25) is 11.8 Å². The lowest BCUT2D eigenvalue weighted by atomic mass is 10.3. The maximum absolute atomic E-state index is 11.5. The van der Waals surface area contributed by atoms with Crippen molar-refractivity contribution >= 4 is 29.3 Å². The second kappa shape index (κ2) is 6.96. The molecule has 0 saturated heterocycles. The normalized spacial score (nSPS) is 9.76. The van der Waals surface area contributed by atoms with Gasteiger partial charge in [0.15, 0.2) is 0 Å². The first kappa shape index (κ1) is 13.6. The summed E-state index contributed by atoms with van der Waals surface area (Å²) in [6, 6.07) is 7.63. The number of hydrogen-bond acceptors (Lipinski definition) is 3. The fourth-order valence-electron chi connectivity index (χ4n) is 1.25. The van der Waals surface area contributed by atoms with Crippen molar-refractivity contribution in [3.8, 4) is 0 Å². The topological polar surface area (TPSA) is 58.2 Å². The highest BCUT2D eigenvalue weighted by Gasteiger charge is 2.02. The van der Waals surface area contributed by atoms with Crippen LogP contribution >= 0.6 is 11.8 Å². The molecule has 0 aliphatic heterocycles. The SMILES string of the molecule is CSc1ccc(NC(=O)CCNC(C)=O)cc1. The van der Waals surface area contributed by atoms with Crippen molar-refractivity contribution < 1.29 is 9.59 Å². The van der Waals surface area contributed by atoms with E-state index in [-0.39, 0.29) is 18.2 Å². The van der Waals surface area contributed by atoms with Crippen molar-refractivity contribution in [3.63, 3.8) is 0 Å². The van der Waals surface area contributed by atoms with E-state index in [1.165, 1.54) is 6.92 Å². The molecule has 0 aromatic heterocycles. The van der Waals surface area contributed by atoms with E-state index in [1.54, 1.807) is 11.8 Å². The lowest BCUT2D eigenvalue weighted by molar-refractivity contribution is -0.119. The fraction of sp³-hybridized carbons (Fsp3) is 0.333. The lowest BCUT2D eigenvalue weighted by Gasteiger charge is -2.06. The Morgan fingerprint density at radius 1 is 1.24 bits per heavy atom. The average molecular weight is 252 g/mol. The van der Waals surface area contributed by atoms with Gasteiger partial charge >= 0.3 is 0 Å². The first-order valence-corrected chi connectivity index (χ1v) is 6.52. The van der Waals surface area contributed by atoms with Crippen LogP contribution in [-0.2, 0) is 9.59 Å². The first-order chi connectivity index (χ1) is 8.11. The number of amides is 2. The second-order valence-electron chi connectivity index (χ2n) is 3.51. The minimum Gasteiger partial charge on any atom is -0.356 e. The van der Waals surface area contributed by atoms with E-state index in [1.807, 2.05) is 30.5 Å². The monoisotopic (exact) mass is 252 g/mol. The number of carbonyl (C=O) groups excluding carboxylic acids is 2. The summed E-state index contributed by atoms with van der Waals surface area (Å²) in [5, 5.41) is 5.34. The molecule has 0 aliphatic carbocycles. The van der Waals surface area contributed by atoms with Gasteiger partial charge in [0, 0.05) is 30.5 Å². The standard InChI is InChI=1S/C12H16N2O2S/c1-9(15)13-8-7-12(16)14-10-3-5-11(17-2)6-4-10/h3-6H,7-8H2,1-2H3,(H,13,15)(H,14,16). The predicted molar refractivity (Wildman–Crippen MR) is 70.2 cm³/mol. The molecule has 0 saturated carbocycles. The summed E-state index contributed by atoms with van der Waals surface area (Å²) in [6.45, 7) is 1.79. The smallest absolute Gasteiger partial charge is 0.226 e. The molecule has 0 unspecified atom stereocenters. The molecule has 5 heteroatoms. The molecular formula is C12H16N2O2S. The summed E-state index contributed by atoms with van der Waals surface area (Å²) in [5.41, 5.74) is 0.774. The number of anilines is 1. The largest absolute Gasteiger partial charge is 0.356 e. The van der Waals surface area contributed by atoms with Crippen LogP contribution in [0, 0.1) is 0 Å². The number of nitrogens with one attached hydrogen (secondary N) is 2. The molecule has 1 aromatic rings. The van der Waals surface area contributed by atoms with Gasteiger partial charge in [-0.1, -0.05) is 0 Å². The lowest BCUT2D eigenvalue weighted by Crippen LogP contribution is -2.25. The molecule has 0 spiro atoms. The zero-order valence-corrected chi connectivity index (χ0v) is 10.8. The van der Waals surface area contributed by atoms with Crippen LogP contribution in [0.25, 0.3) is 0 Å². The average Bonchev–Trinajstić information content (AvgIpc) is 2.29. The van der Waals surface area contributed by atoms with E-state index in [0.717, 1.165) is 10.6 Å². The summed E-state index contributed by atoms with van der Waals surface area (Å²) in [6.07, 6.45) is 2.28. The molecule has 0 atom stereocenters. The Kier molecular flexibility index (Phi) is 5.56. The molecule has 2 amide bonds. The van der Waals surface area contributed by atoms with Gasteiger partial charge in [0.1, 0.15) is 0 Å². The Morgan fingerprint density at radius 2 is 1.88 bits per heavy atom. The number of rotatable bonds is 5. The minimum absolute atomic E-state index is 0.101. The van der Waals surface area contributed by atoms with Gasteiger partial charge in [-0.05, 0) is 30.5 Å². The summed E-state index contributed by atoms with van der Waals surface area (Å²) < 4.78 is 0. The second-order valence-corrected chi connectivity index (χ2v) is 4.39. The third-order valence-corrected chi connectivity index (χ3v) is 2.84. The summed E-state index contributed by atoms with van der Waals surface area (Å²) >= 11 is 1.65. The van der Waals surface area contributed by atoms with Gasteiger partial charge in [-0.3, -0.25) is 9.59 Å². The third kappa shape index (κ3) is 5.40. The molecule has 1 rings (SSSR count). The predicted octanol–water partition coefficient (Wildman–Crippen LogP) is 1.87. The zero-order chi connectivity index (χ0) is 12.7. The summed E-state index contributed by atoms with van der Waals surface area (Å²) in [4.78, 5) is 23.2. The Labute approximate surface area is 105 Å². The highest BCUT2D eigenvalue weighted by atomic mass is 32.2. The van der Waals surface area contributed by atoms with E-state index in [0.29, 0.717) is 6.54 Å². The fourth-order valence-corrected chi connectivity index (χ4v) is 1.66. The quantitative estimate of drug-likeness (QED) is 0.787. The summed E-state index contributed by atoms with van der Waals surface area (Å²) in [5.74, 6) is -0.224. The molecule has 17 heavy (non-hydrogen) atoms. The molecule has 1 aromatic carbocycles.